The summed E-state index contributed by atoms with van der Waals surface area (Å²) in [7, 11) is 0. The second kappa shape index (κ2) is 4.61. The van der Waals surface area contributed by atoms with Crippen LogP contribution in [0.25, 0.3) is 11.4 Å². The lowest BCUT2D eigenvalue weighted by Crippen LogP contribution is -2.03. The van der Waals surface area contributed by atoms with Crippen LogP contribution in [0.2, 0.25) is 0 Å². The zero-order valence-electron chi connectivity index (χ0n) is 9.12. The molecule has 2 rings (SSSR count). The summed E-state index contributed by atoms with van der Waals surface area (Å²) in [6, 6.07) is 7.73. The lowest BCUT2D eigenvalue weighted by molar-refractivity contribution is 0.144. The van der Waals surface area contributed by atoms with Crippen molar-refractivity contribution in [3.63, 3.8) is 0 Å². The van der Waals surface area contributed by atoms with Gasteiger partial charge in [-0.15, -0.1) is 0 Å². The fraction of sp³-hybridized carbons (Fsp3) is 0.0833. The Kier molecular flexibility index (Phi) is 3.00. The Morgan fingerprint density at radius 2 is 1.76 bits per heavy atom. The number of ether oxygens (including phenoxy) is 1. The molecule has 0 saturated heterocycles. The van der Waals surface area contributed by atoms with Gasteiger partial charge in [-0.25, -0.2) is 14.8 Å². The van der Waals surface area contributed by atoms with Crippen molar-refractivity contribution in [3.8, 4) is 17.1 Å². The minimum Gasteiger partial charge on any atom is -0.449 e. The van der Waals surface area contributed by atoms with Gasteiger partial charge in [0.1, 0.15) is 0 Å². The lowest BCUT2D eigenvalue weighted by Gasteiger charge is -2.02. The molecule has 5 nitrogen and oxygen atoms in total. The third-order valence-corrected chi connectivity index (χ3v) is 2.14. The van der Waals surface area contributed by atoms with Crippen LogP contribution in [-0.4, -0.2) is 21.2 Å². The summed E-state index contributed by atoms with van der Waals surface area (Å²) < 4.78 is 4.42. The van der Waals surface area contributed by atoms with Crippen LogP contribution in [0.1, 0.15) is 5.56 Å². The highest BCUT2D eigenvalue weighted by molar-refractivity contribution is 5.61. The highest BCUT2D eigenvalue weighted by atomic mass is 16.7. The van der Waals surface area contributed by atoms with Gasteiger partial charge in [-0.05, 0) is 6.92 Å². The van der Waals surface area contributed by atoms with E-state index in [4.69, 9.17) is 5.11 Å². The van der Waals surface area contributed by atoms with Crippen molar-refractivity contribution in [1.29, 1.82) is 0 Å². The van der Waals surface area contributed by atoms with Gasteiger partial charge in [0.15, 0.2) is 11.6 Å². The number of aromatic nitrogens is 2. The molecular weight excluding hydrogens is 220 g/mol. The van der Waals surface area contributed by atoms with E-state index in [2.05, 4.69) is 14.7 Å². The molecule has 1 aromatic carbocycles. The molecule has 0 spiro atoms. The van der Waals surface area contributed by atoms with Crippen molar-refractivity contribution >= 4 is 6.16 Å². The van der Waals surface area contributed by atoms with Crippen molar-refractivity contribution in [3.05, 3.63) is 42.2 Å². The van der Waals surface area contributed by atoms with Crippen LogP contribution >= 0.6 is 0 Å². The molecule has 0 aliphatic rings. The molecule has 1 aromatic heterocycles. The molecule has 0 unspecified atom stereocenters. The average molecular weight is 230 g/mol. The smallest absolute Gasteiger partial charge is 0.449 e. The van der Waals surface area contributed by atoms with Crippen molar-refractivity contribution in [1.82, 2.24) is 9.97 Å². The maximum Gasteiger partial charge on any atom is 0.511 e. The SMILES string of the molecule is Cc1ccc(-c2ncc(OC(=O)O)cn2)cc1. The summed E-state index contributed by atoms with van der Waals surface area (Å²) in [5.74, 6) is 0.635. The molecule has 1 heterocycles. The van der Waals surface area contributed by atoms with Gasteiger partial charge in [-0.1, -0.05) is 29.8 Å². The normalized spacial score (nSPS) is 9.94. The fourth-order valence-electron chi connectivity index (χ4n) is 1.32. The molecule has 0 atom stereocenters. The fourth-order valence-corrected chi connectivity index (χ4v) is 1.32. The molecule has 0 aliphatic heterocycles. The first-order chi connectivity index (χ1) is 8.15. The molecule has 0 radical (unpaired) electrons. The minimum absolute atomic E-state index is 0.105. The number of nitrogens with zero attached hydrogens (tertiary/aromatic N) is 2. The molecule has 17 heavy (non-hydrogen) atoms. The van der Waals surface area contributed by atoms with Crippen LogP contribution in [0.4, 0.5) is 4.79 Å². The van der Waals surface area contributed by atoms with Gasteiger partial charge >= 0.3 is 6.16 Å². The first-order valence-electron chi connectivity index (χ1n) is 4.95. The van der Waals surface area contributed by atoms with Gasteiger partial charge in [0.2, 0.25) is 0 Å². The summed E-state index contributed by atoms with van der Waals surface area (Å²) in [6.45, 7) is 1.99. The summed E-state index contributed by atoms with van der Waals surface area (Å²) >= 11 is 0. The maximum atomic E-state index is 10.3. The van der Waals surface area contributed by atoms with Crippen molar-refractivity contribution in [2.24, 2.45) is 0 Å². The van der Waals surface area contributed by atoms with Gasteiger partial charge < -0.3 is 9.84 Å². The van der Waals surface area contributed by atoms with E-state index >= 15 is 0 Å². The second-order valence-corrected chi connectivity index (χ2v) is 3.48. The topological polar surface area (TPSA) is 72.3 Å². The highest BCUT2D eigenvalue weighted by Crippen LogP contribution is 2.16. The van der Waals surface area contributed by atoms with Crippen LogP contribution in [0.3, 0.4) is 0 Å². The van der Waals surface area contributed by atoms with Gasteiger partial charge in [0.05, 0.1) is 12.4 Å². The molecule has 1 N–H and O–H groups in total. The largest absolute Gasteiger partial charge is 0.511 e. The molecule has 2 aromatic rings. The zero-order valence-corrected chi connectivity index (χ0v) is 9.12. The van der Waals surface area contributed by atoms with E-state index in [1.54, 1.807) is 0 Å². The minimum atomic E-state index is -1.38. The quantitative estimate of drug-likeness (QED) is 0.802. The Hall–Kier alpha value is -2.43. The Morgan fingerprint density at radius 1 is 1.18 bits per heavy atom. The number of carboxylic acid groups (broad SMARTS) is 1. The third-order valence-electron chi connectivity index (χ3n) is 2.14. The number of hydrogen-bond donors (Lipinski definition) is 1. The van der Waals surface area contributed by atoms with Crippen molar-refractivity contribution < 1.29 is 14.6 Å². The summed E-state index contributed by atoms with van der Waals surface area (Å²) in [4.78, 5) is 18.3. The Bertz CT molecular complexity index is 520. The molecule has 0 bridgehead atoms. The summed E-state index contributed by atoms with van der Waals surface area (Å²) in [6.07, 6.45) is 1.28. The van der Waals surface area contributed by atoms with Gasteiger partial charge in [0, 0.05) is 5.56 Å². The Balaban J connectivity index is 2.23. The lowest BCUT2D eigenvalue weighted by atomic mass is 10.1. The predicted molar refractivity (Wildman–Crippen MR) is 60.9 cm³/mol. The number of hydrogen-bond acceptors (Lipinski definition) is 4. The van der Waals surface area contributed by atoms with E-state index in [9.17, 15) is 4.79 Å². The molecule has 0 amide bonds. The van der Waals surface area contributed by atoms with Crippen LogP contribution in [0.15, 0.2) is 36.7 Å². The second-order valence-electron chi connectivity index (χ2n) is 3.48. The molecule has 5 heteroatoms. The Labute approximate surface area is 97.7 Å². The predicted octanol–water partition coefficient (Wildman–Crippen LogP) is 2.51. The monoisotopic (exact) mass is 230 g/mol. The van der Waals surface area contributed by atoms with E-state index in [0.29, 0.717) is 5.82 Å². The van der Waals surface area contributed by atoms with E-state index in [1.165, 1.54) is 12.4 Å². The number of aryl methyl sites for hydroxylation is 1. The van der Waals surface area contributed by atoms with E-state index < -0.39 is 6.16 Å². The molecule has 0 aliphatic carbocycles. The highest BCUT2D eigenvalue weighted by Gasteiger charge is 2.04. The van der Waals surface area contributed by atoms with Gasteiger partial charge in [0.25, 0.3) is 0 Å². The third kappa shape index (κ3) is 2.78. The Morgan fingerprint density at radius 3 is 2.29 bits per heavy atom. The van der Waals surface area contributed by atoms with E-state index in [-0.39, 0.29) is 5.75 Å². The number of carbonyl (C=O) groups is 1. The molecular formula is C12H10N2O3. The number of benzene rings is 1. The van der Waals surface area contributed by atoms with Gasteiger partial charge in [-0.2, -0.15) is 0 Å². The standard InChI is InChI=1S/C12H10N2O3/c1-8-2-4-9(5-3-8)11-13-6-10(7-14-11)17-12(15)16/h2-7H,1H3,(H,15,16). The summed E-state index contributed by atoms with van der Waals surface area (Å²) in [5, 5.41) is 8.41. The average Bonchev–Trinajstić information content (AvgIpc) is 2.30. The summed E-state index contributed by atoms with van der Waals surface area (Å²) in [5.41, 5.74) is 2.03. The zero-order chi connectivity index (χ0) is 12.3. The van der Waals surface area contributed by atoms with E-state index in [1.807, 2.05) is 31.2 Å². The van der Waals surface area contributed by atoms with Gasteiger partial charge in [-0.3, -0.25) is 0 Å². The van der Waals surface area contributed by atoms with Crippen LogP contribution in [0, 0.1) is 6.92 Å². The van der Waals surface area contributed by atoms with Crippen LogP contribution in [-0.2, 0) is 0 Å². The van der Waals surface area contributed by atoms with Crippen LogP contribution < -0.4 is 4.74 Å². The maximum absolute atomic E-state index is 10.3. The van der Waals surface area contributed by atoms with E-state index in [0.717, 1.165) is 11.1 Å². The van der Waals surface area contributed by atoms with Crippen molar-refractivity contribution in [2.75, 3.05) is 0 Å². The first-order valence-corrected chi connectivity index (χ1v) is 4.95. The van der Waals surface area contributed by atoms with Crippen molar-refractivity contribution in [2.45, 2.75) is 6.92 Å². The molecule has 0 fully saturated rings. The number of rotatable bonds is 2. The molecule has 86 valence electrons. The molecule has 0 saturated carbocycles. The first kappa shape index (κ1) is 11.1. The van der Waals surface area contributed by atoms with Crippen LogP contribution in [0.5, 0.6) is 5.75 Å².